The van der Waals surface area contributed by atoms with Crippen molar-refractivity contribution >= 4 is 43.6 Å². The summed E-state index contributed by atoms with van der Waals surface area (Å²) in [6.45, 7) is 0. The van der Waals surface area contributed by atoms with Gasteiger partial charge in [-0.3, -0.25) is 9.97 Å². The average Bonchev–Trinajstić information content (AvgIpc) is 3.71. The molecular weight excluding hydrogens is 609 g/mol. The number of hydrogen-bond acceptors (Lipinski definition) is 2. The second-order valence-corrected chi connectivity index (χ2v) is 12.7. The van der Waals surface area contributed by atoms with E-state index in [4.69, 9.17) is 9.97 Å². The van der Waals surface area contributed by atoms with E-state index in [0.717, 1.165) is 39.2 Å². The van der Waals surface area contributed by atoms with E-state index in [9.17, 15) is 0 Å². The van der Waals surface area contributed by atoms with Gasteiger partial charge in [-0.2, -0.15) is 0 Å². The fraction of sp³-hybridized carbons (Fsp3) is 0. The van der Waals surface area contributed by atoms with Crippen LogP contribution in [-0.4, -0.2) is 19.1 Å². The molecule has 234 valence electrons. The Labute approximate surface area is 289 Å². The number of aromatic nitrogens is 4. The molecule has 0 radical (unpaired) electrons. The Morgan fingerprint density at radius 3 is 1.60 bits per heavy atom. The molecule has 10 aromatic rings. The van der Waals surface area contributed by atoms with Gasteiger partial charge < -0.3 is 9.13 Å². The maximum atomic E-state index is 4.89. The predicted molar refractivity (Wildman–Crippen MR) is 207 cm³/mol. The first-order chi connectivity index (χ1) is 24.8. The molecule has 0 spiro atoms. The lowest BCUT2D eigenvalue weighted by Gasteiger charge is -2.14. The minimum atomic E-state index is 0.851. The van der Waals surface area contributed by atoms with Gasteiger partial charge in [0.15, 0.2) is 0 Å². The van der Waals surface area contributed by atoms with Crippen molar-refractivity contribution in [2.45, 2.75) is 0 Å². The van der Waals surface area contributed by atoms with E-state index in [1.165, 1.54) is 49.4 Å². The Hall–Kier alpha value is -6.78. The molecule has 50 heavy (non-hydrogen) atoms. The highest BCUT2D eigenvalue weighted by Crippen LogP contribution is 2.40. The van der Waals surface area contributed by atoms with Crippen LogP contribution in [-0.2, 0) is 0 Å². The van der Waals surface area contributed by atoms with Crippen LogP contribution in [0.4, 0.5) is 0 Å². The molecule has 0 aliphatic heterocycles. The number of pyridine rings is 2. The standard InChI is InChI=1S/C46H30N4/c1-3-12-31(13-4-1)33-21-23-43-39(28-33)40-29-34(32-14-5-2-6-15-32)22-24-44(40)49(43)35-16-11-17-36(30-35)50-42-20-8-7-18-37(42)38-25-27-48-45(46(38)50)41-19-9-10-26-47-41/h1-30H. The van der Waals surface area contributed by atoms with Crippen molar-refractivity contribution in [2.75, 3.05) is 0 Å². The molecule has 10 rings (SSSR count). The van der Waals surface area contributed by atoms with Crippen LogP contribution in [0, 0.1) is 0 Å². The summed E-state index contributed by atoms with van der Waals surface area (Å²) >= 11 is 0. The Balaban J connectivity index is 1.24. The molecule has 0 bridgehead atoms. The van der Waals surface area contributed by atoms with Crippen molar-refractivity contribution in [1.29, 1.82) is 0 Å². The number of hydrogen-bond donors (Lipinski definition) is 0. The van der Waals surface area contributed by atoms with E-state index < -0.39 is 0 Å². The van der Waals surface area contributed by atoms with Crippen molar-refractivity contribution in [3.63, 3.8) is 0 Å². The summed E-state index contributed by atoms with van der Waals surface area (Å²) in [5, 5.41) is 4.79. The third-order valence-electron chi connectivity index (χ3n) is 9.82. The summed E-state index contributed by atoms with van der Waals surface area (Å²) in [5.74, 6) is 0. The van der Waals surface area contributed by atoms with Crippen molar-refractivity contribution < 1.29 is 0 Å². The van der Waals surface area contributed by atoms with Gasteiger partial charge in [-0.25, -0.2) is 0 Å². The maximum absolute atomic E-state index is 4.89. The van der Waals surface area contributed by atoms with Gasteiger partial charge in [0.25, 0.3) is 0 Å². The summed E-state index contributed by atoms with van der Waals surface area (Å²) in [6.07, 6.45) is 3.73. The van der Waals surface area contributed by atoms with Crippen molar-refractivity contribution in [3.05, 3.63) is 182 Å². The molecule has 0 saturated heterocycles. The second-order valence-electron chi connectivity index (χ2n) is 12.7. The lowest BCUT2D eigenvalue weighted by molar-refractivity contribution is 1.13. The normalized spacial score (nSPS) is 11.6. The maximum Gasteiger partial charge on any atom is 0.113 e. The molecule has 6 aromatic carbocycles. The molecular formula is C46H30N4. The van der Waals surface area contributed by atoms with Crippen LogP contribution in [0.15, 0.2) is 182 Å². The monoisotopic (exact) mass is 638 g/mol. The summed E-state index contributed by atoms with van der Waals surface area (Å²) in [4.78, 5) is 9.60. The molecule has 4 aromatic heterocycles. The van der Waals surface area contributed by atoms with Crippen molar-refractivity contribution in [3.8, 4) is 45.0 Å². The van der Waals surface area contributed by atoms with Crippen molar-refractivity contribution in [1.82, 2.24) is 19.1 Å². The molecule has 0 saturated carbocycles. The van der Waals surface area contributed by atoms with Gasteiger partial charge in [0.1, 0.15) is 5.69 Å². The molecule has 4 nitrogen and oxygen atoms in total. The van der Waals surface area contributed by atoms with E-state index in [-0.39, 0.29) is 0 Å². The first-order valence-electron chi connectivity index (χ1n) is 16.9. The van der Waals surface area contributed by atoms with E-state index >= 15 is 0 Å². The highest BCUT2D eigenvalue weighted by molar-refractivity contribution is 6.13. The lowest BCUT2D eigenvalue weighted by Crippen LogP contribution is -2.00. The molecule has 4 heteroatoms. The molecule has 0 N–H and O–H groups in total. The molecule has 0 aliphatic rings. The predicted octanol–water partition coefficient (Wildman–Crippen LogP) is 11.7. The molecule has 0 aliphatic carbocycles. The SMILES string of the molecule is c1ccc(-c2ccc3c(c2)c2cc(-c4ccccc4)ccc2n3-c2cccc(-n3c4ccccc4c4ccnc(-c5ccccn5)c43)c2)cc1. The quantitative estimate of drug-likeness (QED) is 0.188. The topological polar surface area (TPSA) is 35.6 Å². The molecule has 4 heterocycles. The van der Waals surface area contributed by atoms with E-state index in [1.807, 2.05) is 30.6 Å². The van der Waals surface area contributed by atoms with Crippen molar-refractivity contribution in [2.24, 2.45) is 0 Å². The number of rotatable bonds is 5. The summed E-state index contributed by atoms with van der Waals surface area (Å²) < 4.78 is 4.75. The number of para-hydroxylation sites is 1. The van der Waals surface area contributed by atoms with Gasteiger partial charge in [0, 0.05) is 45.3 Å². The number of benzene rings is 6. The summed E-state index contributed by atoms with van der Waals surface area (Å²) in [7, 11) is 0. The Bertz CT molecular complexity index is 2750. The third-order valence-corrected chi connectivity index (χ3v) is 9.82. The number of nitrogens with zero attached hydrogens (tertiary/aromatic N) is 4. The first-order valence-corrected chi connectivity index (χ1v) is 16.9. The van der Waals surface area contributed by atoms with Crippen LogP contribution in [0.5, 0.6) is 0 Å². The zero-order valence-corrected chi connectivity index (χ0v) is 27.1. The first kappa shape index (κ1) is 28.3. The Morgan fingerprint density at radius 1 is 0.340 bits per heavy atom. The fourth-order valence-electron chi connectivity index (χ4n) is 7.57. The van der Waals surface area contributed by atoms with Crippen LogP contribution in [0.2, 0.25) is 0 Å². The van der Waals surface area contributed by atoms with Gasteiger partial charge in [-0.15, -0.1) is 0 Å². The highest BCUT2D eigenvalue weighted by atomic mass is 15.0. The van der Waals surface area contributed by atoms with E-state index in [2.05, 4.69) is 161 Å². The van der Waals surface area contributed by atoms with E-state index in [1.54, 1.807) is 0 Å². The van der Waals surface area contributed by atoms with Crippen LogP contribution in [0.3, 0.4) is 0 Å². The zero-order valence-electron chi connectivity index (χ0n) is 27.1. The van der Waals surface area contributed by atoms with Gasteiger partial charge >= 0.3 is 0 Å². The fourth-order valence-corrected chi connectivity index (χ4v) is 7.57. The smallest absolute Gasteiger partial charge is 0.113 e. The van der Waals surface area contributed by atoms with E-state index in [0.29, 0.717) is 0 Å². The largest absolute Gasteiger partial charge is 0.309 e. The Morgan fingerprint density at radius 2 is 0.940 bits per heavy atom. The molecule has 0 fully saturated rings. The van der Waals surface area contributed by atoms with Crippen LogP contribution >= 0.6 is 0 Å². The summed E-state index contributed by atoms with van der Waals surface area (Å²) in [5.41, 5.74) is 13.2. The van der Waals surface area contributed by atoms with Crippen LogP contribution in [0.1, 0.15) is 0 Å². The molecule has 0 atom stereocenters. The minimum absolute atomic E-state index is 0.851. The zero-order chi connectivity index (χ0) is 33.0. The minimum Gasteiger partial charge on any atom is -0.309 e. The average molecular weight is 639 g/mol. The third kappa shape index (κ3) is 4.46. The van der Waals surface area contributed by atoms with Gasteiger partial charge in [-0.05, 0) is 89.0 Å². The summed E-state index contributed by atoms with van der Waals surface area (Å²) in [6, 6.07) is 60.6. The molecule has 0 unspecified atom stereocenters. The highest BCUT2D eigenvalue weighted by Gasteiger charge is 2.19. The number of fused-ring (bicyclic) bond motifs is 6. The van der Waals surface area contributed by atoms with Crippen LogP contribution < -0.4 is 0 Å². The molecule has 0 amide bonds. The second kappa shape index (κ2) is 11.4. The Kier molecular flexibility index (Phi) is 6.46. The van der Waals surface area contributed by atoms with Crippen LogP contribution in [0.25, 0.3) is 88.6 Å². The lowest BCUT2D eigenvalue weighted by atomic mass is 10.0. The van der Waals surface area contributed by atoms with Gasteiger partial charge in [-0.1, -0.05) is 103 Å². The van der Waals surface area contributed by atoms with Gasteiger partial charge in [0.05, 0.1) is 27.8 Å². The van der Waals surface area contributed by atoms with Gasteiger partial charge in [0.2, 0.25) is 0 Å².